The molecule has 0 bridgehead atoms. The Bertz CT molecular complexity index is 625. The van der Waals surface area contributed by atoms with E-state index in [1.54, 1.807) is 0 Å². The number of nitrogens with zero attached hydrogens (tertiary/aromatic N) is 3. The molecule has 1 aliphatic heterocycles. The Kier molecular flexibility index (Phi) is 3.30. The zero-order valence-corrected chi connectivity index (χ0v) is 12.1. The van der Waals surface area contributed by atoms with Crippen molar-refractivity contribution >= 4 is 5.82 Å². The molecule has 0 saturated carbocycles. The van der Waals surface area contributed by atoms with Gasteiger partial charge in [0.2, 0.25) is 0 Å². The molecule has 0 spiro atoms. The molecule has 3 heterocycles. The van der Waals surface area contributed by atoms with Crippen molar-refractivity contribution in [2.75, 3.05) is 25.1 Å². The van der Waals surface area contributed by atoms with Crippen LogP contribution in [0.25, 0.3) is 11.4 Å². The van der Waals surface area contributed by atoms with Gasteiger partial charge in [-0.05, 0) is 35.7 Å². The lowest BCUT2D eigenvalue weighted by Gasteiger charge is -2.26. The zero-order chi connectivity index (χ0) is 14.1. The summed E-state index contributed by atoms with van der Waals surface area (Å²) in [5.41, 5.74) is 3.08. The zero-order valence-electron chi connectivity index (χ0n) is 12.1. The Morgan fingerprint density at radius 1 is 1.20 bits per heavy atom. The second-order valence-corrected chi connectivity index (χ2v) is 5.42. The van der Waals surface area contributed by atoms with E-state index in [0.29, 0.717) is 12.5 Å². The summed E-state index contributed by atoms with van der Waals surface area (Å²) in [4.78, 5) is 11.3. The number of rotatable bonds is 2. The Balaban J connectivity index is 2.02. The Morgan fingerprint density at radius 3 is 2.85 bits per heavy atom. The van der Waals surface area contributed by atoms with E-state index in [2.05, 4.69) is 35.9 Å². The van der Waals surface area contributed by atoms with Crippen molar-refractivity contribution in [3.05, 3.63) is 36.0 Å². The van der Waals surface area contributed by atoms with E-state index in [9.17, 15) is 0 Å². The molecule has 0 atom stereocenters. The third-order valence-electron chi connectivity index (χ3n) is 3.60. The summed E-state index contributed by atoms with van der Waals surface area (Å²) in [7, 11) is 2.04. The topological polar surface area (TPSA) is 38.2 Å². The van der Waals surface area contributed by atoms with Gasteiger partial charge >= 0.3 is 0 Å². The second kappa shape index (κ2) is 5.12. The normalized spacial score (nSPS) is 14.1. The molecular weight excluding hydrogens is 250 g/mol. The third-order valence-corrected chi connectivity index (χ3v) is 3.60. The average Bonchev–Trinajstić information content (AvgIpc) is 2.47. The average molecular weight is 269 g/mol. The predicted octanol–water partition coefficient (Wildman–Crippen LogP) is 3.10. The van der Waals surface area contributed by atoms with Crippen LogP contribution in [0, 0.1) is 0 Å². The molecule has 0 aromatic carbocycles. The van der Waals surface area contributed by atoms with Crippen LogP contribution in [0.15, 0.2) is 30.5 Å². The van der Waals surface area contributed by atoms with E-state index in [0.717, 1.165) is 29.5 Å². The fraction of sp³-hybridized carbons (Fsp3) is 0.375. The maximum atomic E-state index is 5.62. The Hall–Kier alpha value is -2.10. The van der Waals surface area contributed by atoms with Crippen molar-refractivity contribution in [3.8, 4) is 17.1 Å². The highest BCUT2D eigenvalue weighted by Gasteiger charge is 2.17. The lowest BCUT2D eigenvalue weighted by atomic mass is 10.0. The maximum absolute atomic E-state index is 5.62. The molecular formula is C16H19N3O. The quantitative estimate of drug-likeness (QED) is 0.839. The van der Waals surface area contributed by atoms with E-state index >= 15 is 0 Å². The molecule has 104 valence electrons. The van der Waals surface area contributed by atoms with Gasteiger partial charge in [0.05, 0.1) is 17.9 Å². The summed E-state index contributed by atoms with van der Waals surface area (Å²) in [6.45, 7) is 5.94. The molecule has 1 aliphatic rings. The van der Waals surface area contributed by atoms with E-state index in [1.165, 1.54) is 5.56 Å². The molecule has 0 aliphatic carbocycles. The molecule has 0 amide bonds. The summed E-state index contributed by atoms with van der Waals surface area (Å²) in [5, 5.41) is 0. The van der Waals surface area contributed by atoms with E-state index in [1.807, 2.05) is 25.4 Å². The lowest BCUT2D eigenvalue weighted by Crippen LogP contribution is -2.29. The summed E-state index contributed by atoms with van der Waals surface area (Å²) in [5.74, 6) is 2.23. The van der Waals surface area contributed by atoms with Crippen LogP contribution in [0.5, 0.6) is 5.75 Å². The van der Waals surface area contributed by atoms with E-state index < -0.39 is 0 Å². The molecule has 0 unspecified atom stereocenters. The van der Waals surface area contributed by atoms with Crippen LogP contribution < -0.4 is 9.64 Å². The van der Waals surface area contributed by atoms with E-state index in [-0.39, 0.29) is 0 Å². The number of ether oxygens (including phenoxy) is 1. The lowest BCUT2D eigenvalue weighted by molar-refractivity contribution is 0.309. The van der Waals surface area contributed by atoms with Gasteiger partial charge in [0.1, 0.15) is 6.61 Å². The minimum Gasteiger partial charge on any atom is -0.488 e. The minimum absolute atomic E-state index is 0.486. The van der Waals surface area contributed by atoms with Crippen LogP contribution in [0.1, 0.15) is 25.3 Å². The van der Waals surface area contributed by atoms with Gasteiger partial charge in [-0.15, -0.1) is 0 Å². The van der Waals surface area contributed by atoms with Gasteiger partial charge in [0, 0.05) is 13.2 Å². The van der Waals surface area contributed by atoms with Crippen molar-refractivity contribution < 1.29 is 4.74 Å². The molecule has 4 heteroatoms. The fourth-order valence-corrected chi connectivity index (χ4v) is 2.31. The van der Waals surface area contributed by atoms with E-state index in [4.69, 9.17) is 9.72 Å². The first-order chi connectivity index (χ1) is 9.65. The number of fused-ring (bicyclic) bond motifs is 1. The third kappa shape index (κ3) is 2.33. The summed E-state index contributed by atoms with van der Waals surface area (Å²) in [6, 6.07) is 8.13. The van der Waals surface area contributed by atoms with Gasteiger partial charge < -0.3 is 9.64 Å². The first kappa shape index (κ1) is 12.9. The summed E-state index contributed by atoms with van der Waals surface area (Å²) < 4.78 is 5.62. The van der Waals surface area contributed by atoms with Gasteiger partial charge in [0.15, 0.2) is 11.6 Å². The number of hydrogen-bond acceptors (Lipinski definition) is 4. The molecule has 0 fully saturated rings. The van der Waals surface area contributed by atoms with Gasteiger partial charge in [-0.3, -0.25) is 4.98 Å². The largest absolute Gasteiger partial charge is 0.488 e. The van der Waals surface area contributed by atoms with Crippen molar-refractivity contribution in [2.24, 2.45) is 0 Å². The number of pyridine rings is 2. The second-order valence-electron chi connectivity index (χ2n) is 5.42. The van der Waals surface area contributed by atoms with Crippen molar-refractivity contribution in [3.63, 3.8) is 0 Å². The van der Waals surface area contributed by atoms with Crippen LogP contribution in [-0.4, -0.2) is 30.2 Å². The minimum atomic E-state index is 0.486. The predicted molar refractivity (Wildman–Crippen MR) is 80.3 cm³/mol. The van der Waals surface area contributed by atoms with Crippen molar-refractivity contribution in [1.29, 1.82) is 0 Å². The van der Waals surface area contributed by atoms with Crippen molar-refractivity contribution in [1.82, 2.24) is 9.97 Å². The molecule has 2 aromatic rings. The molecule has 0 radical (unpaired) electrons. The van der Waals surface area contributed by atoms with Gasteiger partial charge in [0.25, 0.3) is 0 Å². The van der Waals surface area contributed by atoms with Crippen LogP contribution in [0.4, 0.5) is 5.82 Å². The maximum Gasteiger partial charge on any atom is 0.171 e. The number of aromatic nitrogens is 2. The van der Waals surface area contributed by atoms with Crippen LogP contribution in [0.2, 0.25) is 0 Å². The summed E-state index contributed by atoms with van der Waals surface area (Å²) >= 11 is 0. The summed E-state index contributed by atoms with van der Waals surface area (Å²) in [6.07, 6.45) is 1.85. The molecule has 4 nitrogen and oxygen atoms in total. The molecule has 20 heavy (non-hydrogen) atoms. The van der Waals surface area contributed by atoms with Gasteiger partial charge in [-0.2, -0.15) is 0 Å². The van der Waals surface area contributed by atoms with Crippen LogP contribution in [-0.2, 0) is 0 Å². The number of anilines is 1. The smallest absolute Gasteiger partial charge is 0.171 e. The molecule has 3 rings (SSSR count). The number of hydrogen-bond donors (Lipinski definition) is 0. The highest BCUT2D eigenvalue weighted by molar-refractivity contribution is 5.63. The standard InChI is InChI=1S/C16H19N3O/c1-11(2)12-6-7-17-14(10-12)13-4-5-15-16(18-13)19(3)8-9-20-15/h4-7,10-11H,8-9H2,1-3H3. The first-order valence-electron chi connectivity index (χ1n) is 6.96. The SMILES string of the molecule is CC(C)c1ccnc(-c2ccc3c(n2)N(C)CCO3)c1. The molecule has 2 aromatic heterocycles. The Labute approximate surface area is 119 Å². The first-order valence-corrected chi connectivity index (χ1v) is 6.96. The van der Waals surface area contributed by atoms with Crippen LogP contribution in [0.3, 0.4) is 0 Å². The van der Waals surface area contributed by atoms with Crippen molar-refractivity contribution in [2.45, 2.75) is 19.8 Å². The monoisotopic (exact) mass is 269 g/mol. The molecule has 0 N–H and O–H groups in total. The van der Waals surface area contributed by atoms with Gasteiger partial charge in [-0.1, -0.05) is 13.8 Å². The fourth-order valence-electron chi connectivity index (χ4n) is 2.31. The number of likely N-dealkylation sites (N-methyl/N-ethyl adjacent to an activating group) is 1. The highest BCUT2D eigenvalue weighted by Crippen LogP contribution is 2.31. The highest BCUT2D eigenvalue weighted by atomic mass is 16.5. The Morgan fingerprint density at radius 2 is 2.05 bits per heavy atom. The van der Waals surface area contributed by atoms with Gasteiger partial charge in [-0.25, -0.2) is 4.98 Å². The molecule has 0 saturated heterocycles. The van der Waals surface area contributed by atoms with Crippen LogP contribution >= 0.6 is 0 Å².